The van der Waals surface area contributed by atoms with Crippen LogP contribution in [0.25, 0.3) is 22.3 Å². The van der Waals surface area contributed by atoms with Gasteiger partial charge in [-0.2, -0.15) is 0 Å². The first-order chi connectivity index (χ1) is 16.2. The molecule has 0 aromatic heterocycles. The summed E-state index contributed by atoms with van der Waals surface area (Å²) in [5.41, 5.74) is 7.66. The molecule has 2 atom stereocenters. The maximum Gasteiger partial charge on any atom is 0.0479 e. The van der Waals surface area contributed by atoms with Crippen molar-refractivity contribution >= 4 is 31.9 Å². The standard InChI is InChI=1S/C30H28Br2O/c31-29(27-17-9-7-15-25(27)23-11-3-1-4-12-23)19-21-33-22-20-30(32)28-18-10-8-16-26(28)24-13-5-2-6-14-24/h1-18,29-30H,19-22H2. The number of benzene rings is 4. The molecule has 0 saturated carbocycles. The summed E-state index contributed by atoms with van der Waals surface area (Å²) >= 11 is 7.80. The van der Waals surface area contributed by atoms with Crippen molar-refractivity contribution in [1.29, 1.82) is 0 Å². The summed E-state index contributed by atoms with van der Waals surface area (Å²) in [6.07, 6.45) is 1.86. The maximum absolute atomic E-state index is 6.05. The average Bonchev–Trinajstić information content (AvgIpc) is 2.89. The lowest BCUT2D eigenvalue weighted by Crippen LogP contribution is -2.04. The lowest BCUT2D eigenvalue weighted by Gasteiger charge is -2.17. The fourth-order valence-electron chi connectivity index (χ4n) is 4.09. The van der Waals surface area contributed by atoms with Crippen LogP contribution in [0.5, 0.6) is 0 Å². The first-order valence-electron chi connectivity index (χ1n) is 11.4. The maximum atomic E-state index is 6.05. The van der Waals surface area contributed by atoms with E-state index in [9.17, 15) is 0 Å². The van der Waals surface area contributed by atoms with Crippen LogP contribution in [-0.2, 0) is 4.74 Å². The molecule has 0 aliphatic heterocycles. The van der Waals surface area contributed by atoms with Crippen LogP contribution in [0.2, 0.25) is 0 Å². The van der Waals surface area contributed by atoms with E-state index in [2.05, 4.69) is 141 Å². The Bertz CT molecular complexity index is 1040. The number of halogens is 2. The Morgan fingerprint density at radius 2 is 0.848 bits per heavy atom. The molecule has 4 aromatic carbocycles. The van der Waals surface area contributed by atoms with E-state index in [0.29, 0.717) is 0 Å². The highest BCUT2D eigenvalue weighted by atomic mass is 79.9. The van der Waals surface area contributed by atoms with Crippen molar-refractivity contribution in [3.8, 4) is 22.3 Å². The van der Waals surface area contributed by atoms with Gasteiger partial charge in [0, 0.05) is 22.9 Å². The van der Waals surface area contributed by atoms with Gasteiger partial charge in [0.05, 0.1) is 0 Å². The van der Waals surface area contributed by atoms with Gasteiger partial charge in [-0.3, -0.25) is 0 Å². The van der Waals surface area contributed by atoms with Crippen LogP contribution in [0.1, 0.15) is 33.6 Å². The SMILES string of the molecule is BrC(CCOCCC(Br)c1ccccc1-c1ccccc1)c1ccccc1-c1ccccc1. The number of rotatable bonds is 10. The monoisotopic (exact) mass is 562 g/mol. The van der Waals surface area contributed by atoms with Gasteiger partial charge >= 0.3 is 0 Å². The van der Waals surface area contributed by atoms with E-state index >= 15 is 0 Å². The van der Waals surface area contributed by atoms with Crippen LogP contribution < -0.4 is 0 Å². The summed E-state index contributed by atoms with van der Waals surface area (Å²) in [5.74, 6) is 0. The second kappa shape index (κ2) is 12.3. The zero-order chi connectivity index (χ0) is 22.9. The molecule has 0 heterocycles. The Kier molecular flexibility index (Phi) is 8.93. The highest BCUT2D eigenvalue weighted by Crippen LogP contribution is 2.36. The third-order valence-electron chi connectivity index (χ3n) is 5.80. The van der Waals surface area contributed by atoms with Crippen molar-refractivity contribution in [3.63, 3.8) is 0 Å². The summed E-state index contributed by atoms with van der Waals surface area (Å²) in [6, 6.07) is 38.3. The molecule has 0 N–H and O–H groups in total. The topological polar surface area (TPSA) is 9.23 Å². The van der Waals surface area contributed by atoms with Crippen molar-refractivity contribution in [3.05, 3.63) is 120 Å². The first kappa shape index (κ1) is 23.9. The zero-order valence-electron chi connectivity index (χ0n) is 18.5. The van der Waals surface area contributed by atoms with Gasteiger partial charge < -0.3 is 4.74 Å². The lowest BCUT2D eigenvalue weighted by molar-refractivity contribution is 0.129. The van der Waals surface area contributed by atoms with Crippen molar-refractivity contribution < 1.29 is 4.74 Å². The van der Waals surface area contributed by atoms with Crippen molar-refractivity contribution in [2.24, 2.45) is 0 Å². The fourth-order valence-corrected chi connectivity index (χ4v) is 5.26. The molecule has 4 rings (SSSR count). The van der Waals surface area contributed by atoms with E-state index < -0.39 is 0 Å². The third kappa shape index (κ3) is 6.44. The van der Waals surface area contributed by atoms with Crippen molar-refractivity contribution in [2.75, 3.05) is 13.2 Å². The summed E-state index contributed by atoms with van der Waals surface area (Å²) in [5, 5.41) is 0. The van der Waals surface area contributed by atoms with Crippen LogP contribution >= 0.6 is 31.9 Å². The van der Waals surface area contributed by atoms with E-state index in [1.807, 2.05) is 0 Å². The van der Waals surface area contributed by atoms with Crippen LogP contribution in [0.4, 0.5) is 0 Å². The van der Waals surface area contributed by atoms with Crippen LogP contribution in [0, 0.1) is 0 Å². The van der Waals surface area contributed by atoms with Gasteiger partial charge in [0.25, 0.3) is 0 Å². The predicted octanol–water partition coefficient (Wildman–Crippen LogP) is 9.39. The molecule has 0 saturated heterocycles. The predicted molar refractivity (Wildman–Crippen MR) is 147 cm³/mol. The van der Waals surface area contributed by atoms with Gasteiger partial charge in [-0.05, 0) is 46.2 Å². The molecule has 1 nitrogen and oxygen atoms in total. The largest absolute Gasteiger partial charge is 0.381 e. The van der Waals surface area contributed by atoms with Crippen LogP contribution in [0.15, 0.2) is 109 Å². The van der Waals surface area contributed by atoms with Crippen LogP contribution in [-0.4, -0.2) is 13.2 Å². The molecule has 3 heteroatoms. The highest BCUT2D eigenvalue weighted by Gasteiger charge is 2.15. The number of alkyl halides is 2. The molecule has 168 valence electrons. The molecule has 33 heavy (non-hydrogen) atoms. The fraction of sp³-hybridized carbons (Fsp3) is 0.200. The number of ether oxygens (including phenoxy) is 1. The molecule has 4 aromatic rings. The minimum atomic E-state index is 0.257. The van der Waals surface area contributed by atoms with E-state index in [4.69, 9.17) is 4.74 Å². The van der Waals surface area contributed by atoms with E-state index in [-0.39, 0.29) is 9.65 Å². The van der Waals surface area contributed by atoms with Gasteiger partial charge in [-0.15, -0.1) is 0 Å². The van der Waals surface area contributed by atoms with Crippen LogP contribution in [0.3, 0.4) is 0 Å². The minimum absolute atomic E-state index is 0.257. The Morgan fingerprint density at radius 3 is 1.27 bits per heavy atom. The Balaban J connectivity index is 1.30. The molecule has 0 radical (unpaired) electrons. The average molecular weight is 564 g/mol. The molecule has 0 aliphatic carbocycles. The third-order valence-corrected chi connectivity index (χ3v) is 7.70. The molecule has 2 unspecified atom stereocenters. The summed E-state index contributed by atoms with van der Waals surface area (Å²) < 4.78 is 6.05. The van der Waals surface area contributed by atoms with Crippen molar-refractivity contribution in [2.45, 2.75) is 22.5 Å². The van der Waals surface area contributed by atoms with E-state index in [1.165, 1.54) is 33.4 Å². The summed E-state index contributed by atoms with van der Waals surface area (Å²) in [6.45, 7) is 1.44. The second-order valence-corrected chi connectivity index (χ2v) is 10.2. The number of hydrogen-bond donors (Lipinski definition) is 0. The normalized spacial score (nSPS) is 12.9. The first-order valence-corrected chi connectivity index (χ1v) is 13.2. The Morgan fingerprint density at radius 1 is 0.485 bits per heavy atom. The van der Waals surface area contributed by atoms with Gasteiger partial charge in [0.1, 0.15) is 0 Å². The highest BCUT2D eigenvalue weighted by molar-refractivity contribution is 9.09. The molecule has 0 bridgehead atoms. The molecule has 0 fully saturated rings. The lowest BCUT2D eigenvalue weighted by atomic mass is 9.96. The molecular weight excluding hydrogens is 536 g/mol. The molecule has 0 spiro atoms. The molecule has 0 aliphatic rings. The second-order valence-electron chi connectivity index (χ2n) is 8.03. The summed E-state index contributed by atoms with van der Waals surface area (Å²) in [7, 11) is 0. The van der Waals surface area contributed by atoms with Crippen molar-refractivity contribution in [1.82, 2.24) is 0 Å². The Labute approximate surface area is 214 Å². The summed E-state index contributed by atoms with van der Waals surface area (Å²) in [4.78, 5) is 0.514. The van der Waals surface area contributed by atoms with Gasteiger partial charge in [0.15, 0.2) is 0 Å². The molecular formula is C30H28Br2O. The van der Waals surface area contributed by atoms with Gasteiger partial charge in [-0.1, -0.05) is 141 Å². The molecule has 0 amide bonds. The minimum Gasteiger partial charge on any atom is -0.381 e. The smallest absolute Gasteiger partial charge is 0.0479 e. The number of hydrogen-bond acceptors (Lipinski definition) is 1. The quantitative estimate of drug-likeness (QED) is 0.138. The van der Waals surface area contributed by atoms with Gasteiger partial charge in [0.2, 0.25) is 0 Å². The van der Waals surface area contributed by atoms with E-state index in [0.717, 1.165) is 26.1 Å². The van der Waals surface area contributed by atoms with E-state index in [1.54, 1.807) is 0 Å². The zero-order valence-corrected chi connectivity index (χ0v) is 21.7. The van der Waals surface area contributed by atoms with Gasteiger partial charge in [-0.25, -0.2) is 0 Å². The Hall–Kier alpha value is -2.20.